The van der Waals surface area contributed by atoms with Crippen molar-refractivity contribution in [3.63, 3.8) is 0 Å². The maximum absolute atomic E-state index is 12.9. The lowest BCUT2D eigenvalue weighted by atomic mass is 10.1. The molecule has 8 heteroatoms. The molecule has 2 aromatic carbocycles. The minimum atomic E-state index is -0.709. The Morgan fingerprint density at radius 1 is 1.17 bits per heavy atom. The third-order valence-corrected chi connectivity index (χ3v) is 3.61. The van der Waals surface area contributed by atoms with Crippen molar-refractivity contribution in [2.45, 2.75) is 0 Å². The number of aromatic nitrogens is 2. The SMILES string of the molecule is NC(=O)c1c(N)n[nH]c1-c1ccc(Oc2ccc(F)cc2)cc1Cl. The Hall–Kier alpha value is -3.06. The van der Waals surface area contributed by atoms with Crippen molar-refractivity contribution in [2.75, 3.05) is 5.73 Å². The van der Waals surface area contributed by atoms with Crippen LogP contribution in [0.15, 0.2) is 42.5 Å². The van der Waals surface area contributed by atoms with Gasteiger partial charge in [0.1, 0.15) is 22.9 Å². The average molecular weight is 347 g/mol. The number of rotatable bonds is 4. The second-order valence-corrected chi connectivity index (χ2v) is 5.33. The molecule has 24 heavy (non-hydrogen) atoms. The molecular formula is C16H12ClFN4O2. The van der Waals surface area contributed by atoms with E-state index in [-0.39, 0.29) is 17.2 Å². The number of nitrogens with one attached hydrogen (secondary N) is 1. The van der Waals surface area contributed by atoms with E-state index in [1.165, 1.54) is 24.3 Å². The number of amides is 1. The fraction of sp³-hybridized carbons (Fsp3) is 0. The highest BCUT2D eigenvalue weighted by atomic mass is 35.5. The van der Waals surface area contributed by atoms with Crippen molar-refractivity contribution in [2.24, 2.45) is 5.73 Å². The van der Waals surface area contributed by atoms with Crippen LogP contribution in [0.1, 0.15) is 10.4 Å². The topological polar surface area (TPSA) is 107 Å². The van der Waals surface area contributed by atoms with E-state index in [4.69, 9.17) is 27.8 Å². The zero-order valence-corrected chi connectivity index (χ0v) is 13.0. The number of anilines is 1. The monoisotopic (exact) mass is 346 g/mol. The lowest BCUT2D eigenvalue weighted by Gasteiger charge is -2.09. The number of halogens is 2. The van der Waals surface area contributed by atoms with Crippen molar-refractivity contribution in [3.8, 4) is 22.8 Å². The van der Waals surface area contributed by atoms with Gasteiger partial charge in [0.25, 0.3) is 5.91 Å². The summed E-state index contributed by atoms with van der Waals surface area (Å²) >= 11 is 6.26. The van der Waals surface area contributed by atoms with Crippen LogP contribution < -0.4 is 16.2 Å². The van der Waals surface area contributed by atoms with Gasteiger partial charge in [-0.3, -0.25) is 9.89 Å². The van der Waals surface area contributed by atoms with E-state index in [9.17, 15) is 9.18 Å². The van der Waals surface area contributed by atoms with Gasteiger partial charge in [0, 0.05) is 11.6 Å². The van der Waals surface area contributed by atoms with Gasteiger partial charge in [-0.05, 0) is 36.4 Å². The molecule has 0 spiro atoms. The van der Waals surface area contributed by atoms with E-state index < -0.39 is 5.91 Å². The van der Waals surface area contributed by atoms with E-state index in [1.807, 2.05) is 0 Å². The Balaban J connectivity index is 1.93. The Morgan fingerprint density at radius 2 is 1.83 bits per heavy atom. The highest BCUT2D eigenvalue weighted by molar-refractivity contribution is 6.33. The molecule has 0 aliphatic carbocycles. The molecular weight excluding hydrogens is 335 g/mol. The zero-order chi connectivity index (χ0) is 17.3. The average Bonchev–Trinajstić information content (AvgIpc) is 2.91. The summed E-state index contributed by atoms with van der Waals surface area (Å²) < 4.78 is 18.5. The number of nitrogens with two attached hydrogens (primary N) is 2. The highest BCUT2D eigenvalue weighted by Crippen LogP contribution is 2.34. The predicted octanol–water partition coefficient (Wildman–Crippen LogP) is 3.34. The van der Waals surface area contributed by atoms with E-state index in [0.717, 1.165) is 0 Å². The molecule has 122 valence electrons. The van der Waals surface area contributed by atoms with Crippen molar-refractivity contribution in [1.82, 2.24) is 10.2 Å². The second kappa shape index (κ2) is 6.21. The summed E-state index contributed by atoms with van der Waals surface area (Å²) in [6, 6.07) is 10.4. The summed E-state index contributed by atoms with van der Waals surface area (Å²) in [6.45, 7) is 0. The van der Waals surface area contributed by atoms with Gasteiger partial charge >= 0.3 is 0 Å². The first kappa shape index (κ1) is 15.8. The van der Waals surface area contributed by atoms with E-state index in [0.29, 0.717) is 27.8 Å². The van der Waals surface area contributed by atoms with Gasteiger partial charge < -0.3 is 16.2 Å². The molecule has 0 unspecified atom stereocenters. The Morgan fingerprint density at radius 3 is 2.46 bits per heavy atom. The van der Waals surface area contributed by atoms with Crippen LogP contribution in [-0.2, 0) is 0 Å². The first-order valence-electron chi connectivity index (χ1n) is 6.82. The van der Waals surface area contributed by atoms with Crippen molar-refractivity contribution >= 4 is 23.3 Å². The minimum absolute atomic E-state index is 0.000190. The first-order valence-corrected chi connectivity index (χ1v) is 7.20. The number of hydrogen-bond donors (Lipinski definition) is 3. The fourth-order valence-electron chi connectivity index (χ4n) is 2.20. The second-order valence-electron chi connectivity index (χ2n) is 4.92. The van der Waals surface area contributed by atoms with Crippen LogP contribution in [-0.4, -0.2) is 16.1 Å². The number of carbonyl (C=O) groups is 1. The smallest absolute Gasteiger partial charge is 0.254 e. The molecule has 0 aliphatic rings. The van der Waals surface area contributed by atoms with E-state index in [1.54, 1.807) is 18.2 Å². The van der Waals surface area contributed by atoms with Crippen LogP contribution in [0.2, 0.25) is 5.02 Å². The summed E-state index contributed by atoms with van der Waals surface area (Å²) in [5.41, 5.74) is 11.9. The van der Waals surface area contributed by atoms with Gasteiger partial charge in [0.05, 0.1) is 10.7 Å². The van der Waals surface area contributed by atoms with E-state index in [2.05, 4.69) is 10.2 Å². The first-order chi connectivity index (χ1) is 11.5. The number of H-pyrrole nitrogens is 1. The standard InChI is InChI=1S/C16H12ClFN4O2/c17-12-7-10(24-9-3-1-8(18)2-4-9)5-6-11(12)14-13(16(20)23)15(19)22-21-14/h1-7H,(H2,20,23)(H3,19,21,22). The summed E-state index contributed by atoms with van der Waals surface area (Å²) in [6.07, 6.45) is 0. The van der Waals surface area contributed by atoms with E-state index >= 15 is 0 Å². The van der Waals surface area contributed by atoms with Gasteiger partial charge in [-0.1, -0.05) is 11.6 Å². The molecule has 0 fully saturated rings. The Labute approximate surface area is 141 Å². The minimum Gasteiger partial charge on any atom is -0.457 e. The number of ether oxygens (including phenoxy) is 1. The van der Waals surface area contributed by atoms with Gasteiger partial charge in [0.15, 0.2) is 5.82 Å². The number of aromatic amines is 1. The summed E-state index contributed by atoms with van der Waals surface area (Å²) in [5, 5.41) is 6.73. The number of hydrogen-bond acceptors (Lipinski definition) is 4. The maximum atomic E-state index is 12.9. The molecule has 1 heterocycles. The van der Waals surface area contributed by atoms with Crippen LogP contribution in [0.3, 0.4) is 0 Å². The highest BCUT2D eigenvalue weighted by Gasteiger charge is 2.19. The van der Waals surface area contributed by atoms with Gasteiger partial charge in [-0.15, -0.1) is 0 Å². The summed E-state index contributed by atoms with van der Waals surface area (Å²) in [7, 11) is 0. The molecule has 5 N–H and O–H groups in total. The van der Waals surface area contributed by atoms with Crippen molar-refractivity contribution < 1.29 is 13.9 Å². The Bertz CT molecular complexity index is 909. The molecule has 0 saturated carbocycles. The molecule has 6 nitrogen and oxygen atoms in total. The Kier molecular flexibility index (Phi) is 4.09. The third kappa shape index (κ3) is 3.02. The third-order valence-electron chi connectivity index (χ3n) is 3.30. The lowest BCUT2D eigenvalue weighted by Crippen LogP contribution is -2.13. The van der Waals surface area contributed by atoms with Crippen LogP contribution in [0.4, 0.5) is 10.2 Å². The number of nitrogen functional groups attached to an aromatic ring is 1. The molecule has 1 aromatic heterocycles. The molecule has 0 aliphatic heterocycles. The van der Waals surface area contributed by atoms with Crippen molar-refractivity contribution in [3.05, 3.63) is 58.9 Å². The summed E-state index contributed by atoms with van der Waals surface area (Å²) in [4.78, 5) is 11.5. The van der Waals surface area contributed by atoms with Gasteiger partial charge in [-0.2, -0.15) is 5.10 Å². The lowest BCUT2D eigenvalue weighted by molar-refractivity contribution is 0.100. The molecule has 0 radical (unpaired) electrons. The maximum Gasteiger partial charge on any atom is 0.254 e. The molecule has 0 saturated heterocycles. The zero-order valence-electron chi connectivity index (χ0n) is 12.2. The molecule has 3 aromatic rings. The predicted molar refractivity (Wildman–Crippen MR) is 88.4 cm³/mol. The summed E-state index contributed by atoms with van der Waals surface area (Å²) in [5.74, 6) is -0.155. The number of nitrogens with zero attached hydrogens (tertiary/aromatic N) is 1. The van der Waals surface area contributed by atoms with Gasteiger partial charge in [-0.25, -0.2) is 4.39 Å². The number of carbonyl (C=O) groups excluding carboxylic acids is 1. The van der Waals surface area contributed by atoms with Crippen molar-refractivity contribution in [1.29, 1.82) is 0 Å². The normalized spacial score (nSPS) is 10.6. The molecule has 0 atom stereocenters. The van der Waals surface area contributed by atoms with Crippen LogP contribution in [0, 0.1) is 5.82 Å². The number of benzene rings is 2. The van der Waals surface area contributed by atoms with Crippen LogP contribution >= 0.6 is 11.6 Å². The van der Waals surface area contributed by atoms with Crippen LogP contribution in [0.25, 0.3) is 11.3 Å². The molecule has 3 rings (SSSR count). The molecule has 0 bridgehead atoms. The molecule has 1 amide bonds. The number of primary amides is 1. The van der Waals surface area contributed by atoms with Gasteiger partial charge in [0.2, 0.25) is 0 Å². The largest absolute Gasteiger partial charge is 0.457 e. The fourth-order valence-corrected chi connectivity index (χ4v) is 2.47. The van der Waals surface area contributed by atoms with Crippen LogP contribution in [0.5, 0.6) is 11.5 Å². The quantitative estimate of drug-likeness (QED) is 0.673.